The van der Waals surface area contributed by atoms with Crippen molar-refractivity contribution in [2.24, 2.45) is 0 Å². The van der Waals surface area contributed by atoms with E-state index < -0.39 is 17.5 Å². The fourth-order valence-corrected chi connectivity index (χ4v) is 0.953. The van der Waals surface area contributed by atoms with Crippen LogP contribution in [0.1, 0.15) is 17.3 Å². The first-order valence-corrected chi connectivity index (χ1v) is 4.01. The Balaban J connectivity index is 3.06. The van der Waals surface area contributed by atoms with Gasteiger partial charge in [0.05, 0.1) is 17.9 Å². The minimum Gasteiger partial charge on any atom is -0.503 e. The highest BCUT2D eigenvalue weighted by molar-refractivity contribution is 5.91. The predicted octanol–water partition coefficient (Wildman–Crippen LogP) is 1.29. The van der Waals surface area contributed by atoms with Crippen molar-refractivity contribution in [3.8, 4) is 5.75 Å². The summed E-state index contributed by atoms with van der Waals surface area (Å²) < 4.78 is 17.5. The van der Waals surface area contributed by atoms with Crippen molar-refractivity contribution in [2.45, 2.75) is 6.92 Å². The van der Waals surface area contributed by atoms with Gasteiger partial charge in [0.2, 0.25) is 0 Å². The number of benzene rings is 1. The van der Waals surface area contributed by atoms with Crippen LogP contribution in [0.3, 0.4) is 0 Å². The summed E-state index contributed by atoms with van der Waals surface area (Å²) in [6.45, 7) is 1.83. The van der Waals surface area contributed by atoms with Crippen LogP contribution in [-0.2, 0) is 4.74 Å². The number of esters is 1. The summed E-state index contributed by atoms with van der Waals surface area (Å²) >= 11 is 0. The molecule has 0 aliphatic carbocycles. The minimum atomic E-state index is -0.937. The Morgan fingerprint density at radius 3 is 2.79 bits per heavy atom. The molecule has 14 heavy (non-hydrogen) atoms. The third kappa shape index (κ3) is 1.93. The molecule has 76 valence electrons. The molecular weight excluding hydrogens is 189 g/mol. The van der Waals surface area contributed by atoms with Gasteiger partial charge in [0, 0.05) is 0 Å². The van der Waals surface area contributed by atoms with Gasteiger partial charge in [-0.3, -0.25) is 0 Å². The van der Waals surface area contributed by atoms with Gasteiger partial charge in [-0.15, -0.1) is 0 Å². The molecule has 0 fully saturated rings. The van der Waals surface area contributed by atoms with Gasteiger partial charge in [0.1, 0.15) is 0 Å². The zero-order valence-corrected chi connectivity index (χ0v) is 7.58. The van der Waals surface area contributed by atoms with Crippen molar-refractivity contribution < 1.29 is 19.0 Å². The molecule has 4 nitrogen and oxygen atoms in total. The van der Waals surface area contributed by atoms with E-state index >= 15 is 0 Å². The molecule has 0 spiro atoms. The van der Waals surface area contributed by atoms with Crippen molar-refractivity contribution in [3.05, 3.63) is 23.5 Å². The van der Waals surface area contributed by atoms with Gasteiger partial charge in [-0.25, -0.2) is 9.18 Å². The van der Waals surface area contributed by atoms with Crippen molar-refractivity contribution in [3.63, 3.8) is 0 Å². The fourth-order valence-electron chi connectivity index (χ4n) is 0.953. The fraction of sp³-hybridized carbons (Fsp3) is 0.222. The molecule has 0 saturated carbocycles. The molecule has 0 heterocycles. The van der Waals surface area contributed by atoms with E-state index in [1.807, 2.05) is 0 Å². The number of carbonyl (C=O) groups excluding carboxylic acids is 1. The molecule has 0 aliphatic heterocycles. The number of rotatable bonds is 2. The first kappa shape index (κ1) is 10.3. The Hall–Kier alpha value is -1.78. The van der Waals surface area contributed by atoms with Crippen LogP contribution >= 0.6 is 0 Å². The maximum atomic E-state index is 12.9. The van der Waals surface area contributed by atoms with Crippen LogP contribution in [0, 0.1) is 5.82 Å². The molecule has 0 radical (unpaired) electrons. The molecular formula is C9H10FNO3. The maximum absolute atomic E-state index is 12.9. The van der Waals surface area contributed by atoms with Crippen LogP contribution < -0.4 is 5.73 Å². The molecule has 3 N–H and O–H groups in total. The highest BCUT2D eigenvalue weighted by Gasteiger charge is 2.13. The third-order valence-electron chi connectivity index (χ3n) is 1.60. The highest BCUT2D eigenvalue weighted by Crippen LogP contribution is 2.25. The van der Waals surface area contributed by atoms with E-state index in [1.54, 1.807) is 6.92 Å². The van der Waals surface area contributed by atoms with E-state index in [0.717, 1.165) is 12.1 Å². The van der Waals surface area contributed by atoms with Gasteiger partial charge in [-0.05, 0) is 19.1 Å². The van der Waals surface area contributed by atoms with Gasteiger partial charge in [0.15, 0.2) is 11.6 Å². The second kappa shape index (κ2) is 3.95. The molecule has 5 heteroatoms. The van der Waals surface area contributed by atoms with E-state index in [-0.39, 0.29) is 17.9 Å². The Bertz CT molecular complexity index is 342. The third-order valence-corrected chi connectivity index (χ3v) is 1.60. The number of anilines is 1. The number of carbonyl (C=O) groups is 1. The van der Waals surface area contributed by atoms with E-state index in [1.165, 1.54) is 0 Å². The summed E-state index contributed by atoms with van der Waals surface area (Å²) in [7, 11) is 0. The quantitative estimate of drug-likeness (QED) is 0.427. The molecule has 0 atom stereocenters. The van der Waals surface area contributed by atoms with E-state index in [2.05, 4.69) is 4.74 Å². The van der Waals surface area contributed by atoms with Gasteiger partial charge in [-0.1, -0.05) is 0 Å². The van der Waals surface area contributed by atoms with Crippen LogP contribution in [0.4, 0.5) is 10.1 Å². The smallest absolute Gasteiger partial charge is 0.338 e. The van der Waals surface area contributed by atoms with Crippen molar-refractivity contribution in [2.75, 3.05) is 12.3 Å². The van der Waals surface area contributed by atoms with Crippen LogP contribution in [0.2, 0.25) is 0 Å². The van der Waals surface area contributed by atoms with Gasteiger partial charge < -0.3 is 15.6 Å². The number of hydrogen-bond donors (Lipinski definition) is 2. The zero-order valence-electron chi connectivity index (χ0n) is 7.58. The molecule has 1 aromatic carbocycles. The summed E-state index contributed by atoms with van der Waals surface area (Å²) in [5.74, 6) is -2.26. The molecule has 0 amide bonds. The zero-order chi connectivity index (χ0) is 10.7. The second-order valence-corrected chi connectivity index (χ2v) is 2.62. The number of nitrogens with two attached hydrogens (primary N) is 1. The standard InChI is InChI=1S/C9H10FNO3/c1-2-14-9(13)5-3-6(10)8(12)7(11)4-5/h3-4,12H,2,11H2,1H3. The lowest BCUT2D eigenvalue weighted by molar-refractivity contribution is 0.0526. The predicted molar refractivity (Wildman–Crippen MR) is 48.4 cm³/mol. The number of phenols is 1. The van der Waals surface area contributed by atoms with Crippen LogP contribution in [0.5, 0.6) is 5.75 Å². The Morgan fingerprint density at radius 2 is 2.29 bits per heavy atom. The summed E-state index contributed by atoms with van der Waals surface area (Å²) in [4.78, 5) is 11.1. The summed E-state index contributed by atoms with van der Waals surface area (Å²) in [5, 5.41) is 8.99. The first-order valence-electron chi connectivity index (χ1n) is 4.01. The summed E-state index contributed by atoms with van der Waals surface area (Å²) in [6.07, 6.45) is 0. The minimum absolute atomic E-state index is 0.0142. The Morgan fingerprint density at radius 1 is 1.64 bits per heavy atom. The molecule has 0 aliphatic rings. The number of phenolic OH excluding ortho intramolecular Hbond substituents is 1. The van der Waals surface area contributed by atoms with Crippen LogP contribution in [0.25, 0.3) is 0 Å². The monoisotopic (exact) mass is 199 g/mol. The van der Waals surface area contributed by atoms with E-state index in [9.17, 15) is 9.18 Å². The molecule has 0 saturated heterocycles. The molecule has 1 aromatic rings. The second-order valence-electron chi connectivity index (χ2n) is 2.62. The van der Waals surface area contributed by atoms with E-state index in [4.69, 9.17) is 10.8 Å². The van der Waals surface area contributed by atoms with E-state index in [0.29, 0.717) is 0 Å². The SMILES string of the molecule is CCOC(=O)c1cc(N)c(O)c(F)c1. The molecule has 0 bridgehead atoms. The lowest BCUT2D eigenvalue weighted by Crippen LogP contribution is -2.06. The van der Waals surface area contributed by atoms with Gasteiger partial charge in [-0.2, -0.15) is 0 Å². The number of halogens is 1. The lowest BCUT2D eigenvalue weighted by Gasteiger charge is -2.04. The molecule has 0 unspecified atom stereocenters. The summed E-state index contributed by atoms with van der Waals surface area (Å²) in [6, 6.07) is 2.04. The van der Waals surface area contributed by atoms with Crippen LogP contribution in [-0.4, -0.2) is 17.7 Å². The molecule has 0 aromatic heterocycles. The number of nitrogen functional groups attached to an aromatic ring is 1. The number of hydrogen-bond acceptors (Lipinski definition) is 4. The highest BCUT2D eigenvalue weighted by atomic mass is 19.1. The summed E-state index contributed by atoms with van der Waals surface area (Å²) in [5.41, 5.74) is 5.06. The van der Waals surface area contributed by atoms with Crippen molar-refractivity contribution >= 4 is 11.7 Å². The van der Waals surface area contributed by atoms with Gasteiger partial charge in [0.25, 0.3) is 0 Å². The largest absolute Gasteiger partial charge is 0.503 e. The van der Waals surface area contributed by atoms with Crippen molar-refractivity contribution in [1.29, 1.82) is 0 Å². The maximum Gasteiger partial charge on any atom is 0.338 e. The lowest BCUT2D eigenvalue weighted by atomic mass is 10.2. The number of aromatic hydroxyl groups is 1. The Kier molecular flexibility index (Phi) is 2.91. The Labute approximate surface area is 80.1 Å². The number of ether oxygens (including phenoxy) is 1. The first-order chi connectivity index (χ1) is 6.56. The topological polar surface area (TPSA) is 72.5 Å². The van der Waals surface area contributed by atoms with Crippen molar-refractivity contribution in [1.82, 2.24) is 0 Å². The normalized spacial score (nSPS) is 9.86. The van der Waals surface area contributed by atoms with Gasteiger partial charge >= 0.3 is 5.97 Å². The average Bonchev–Trinajstić information content (AvgIpc) is 2.13. The van der Waals surface area contributed by atoms with Crippen LogP contribution in [0.15, 0.2) is 12.1 Å². The average molecular weight is 199 g/mol. The molecule has 1 rings (SSSR count).